The Morgan fingerprint density at radius 2 is 1.77 bits per heavy atom. The number of aryl methyl sites for hydroxylation is 1. The van der Waals surface area contributed by atoms with Crippen molar-refractivity contribution in [3.63, 3.8) is 0 Å². The second kappa shape index (κ2) is 5.65. The topological polar surface area (TPSA) is 38.5 Å². The van der Waals surface area contributed by atoms with E-state index in [9.17, 15) is 0 Å². The number of fused-ring (bicyclic) bond motifs is 1. The Hall–Kier alpha value is -2.00. The first-order chi connectivity index (χ1) is 10.5. The summed E-state index contributed by atoms with van der Waals surface area (Å²) in [7, 11) is 0. The molecule has 1 aliphatic rings. The minimum Gasteiger partial charge on any atom is -0.484 e. The van der Waals surface area contributed by atoms with Crippen molar-refractivity contribution < 1.29 is 4.74 Å². The number of anilines is 1. The fourth-order valence-corrected chi connectivity index (χ4v) is 2.96. The molecule has 22 heavy (non-hydrogen) atoms. The van der Waals surface area contributed by atoms with Crippen LogP contribution in [0.1, 0.15) is 30.5 Å². The van der Waals surface area contributed by atoms with Crippen LogP contribution in [-0.2, 0) is 13.1 Å². The largest absolute Gasteiger partial charge is 0.484 e. The van der Waals surface area contributed by atoms with Crippen LogP contribution in [0.2, 0.25) is 0 Å². The van der Waals surface area contributed by atoms with Gasteiger partial charge in [-0.2, -0.15) is 0 Å². The van der Waals surface area contributed by atoms with Crippen LogP contribution in [0.15, 0.2) is 42.5 Å². The van der Waals surface area contributed by atoms with Crippen molar-refractivity contribution in [2.45, 2.75) is 39.5 Å². The Morgan fingerprint density at radius 3 is 2.45 bits per heavy atom. The zero-order valence-electron chi connectivity index (χ0n) is 13.6. The molecule has 0 saturated heterocycles. The molecule has 0 aromatic heterocycles. The van der Waals surface area contributed by atoms with Gasteiger partial charge in [-0.3, -0.25) is 0 Å². The van der Waals surface area contributed by atoms with Crippen molar-refractivity contribution in [2.24, 2.45) is 5.73 Å². The summed E-state index contributed by atoms with van der Waals surface area (Å²) in [4.78, 5) is 2.39. The lowest BCUT2D eigenvalue weighted by molar-refractivity contribution is 0.104. The van der Waals surface area contributed by atoms with Crippen LogP contribution < -0.4 is 15.4 Å². The summed E-state index contributed by atoms with van der Waals surface area (Å²) in [6.07, 6.45) is 0. The standard InChI is InChI=1S/C19H24N2O/c1-14-4-6-15(7-5-14)12-21-13-19(2,3)22-18-10-16(11-20)8-9-17(18)21/h4-10H,11-13,20H2,1-3H3. The summed E-state index contributed by atoms with van der Waals surface area (Å²) in [5.74, 6) is 0.936. The molecule has 2 aromatic rings. The molecule has 2 N–H and O–H groups in total. The van der Waals surface area contributed by atoms with Crippen molar-refractivity contribution in [1.82, 2.24) is 0 Å². The van der Waals surface area contributed by atoms with Crippen LogP contribution in [-0.4, -0.2) is 12.1 Å². The fourth-order valence-electron chi connectivity index (χ4n) is 2.96. The van der Waals surface area contributed by atoms with Crippen LogP contribution in [0.3, 0.4) is 0 Å². The lowest BCUT2D eigenvalue weighted by atomic mass is 10.0. The number of benzene rings is 2. The molecule has 0 saturated carbocycles. The van der Waals surface area contributed by atoms with E-state index >= 15 is 0 Å². The van der Waals surface area contributed by atoms with Crippen molar-refractivity contribution in [3.8, 4) is 5.75 Å². The van der Waals surface area contributed by atoms with Crippen LogP contribution >= 0.6 is 0 Å². The van der Waals surface area contributed by atoms with Crippen molar-refractivity contribution in [3.05, 3.63) is 59.2 Å². The van der Waals surface area contributed by atoms with Crippen LogP contribution in [0.25, 0.3) is 0 Å². The van der Waals surface area contributed by atoms with Gasteiger partial charge in [0.05, 0.1) is 12.2 Å². The maximum atomic E-state index is 6.15. The third kappa shape index (κ3) is 3.09. The molecule has 0 atom stereocenters. The Bertz CT molecular complexity index is 662. The average molecular weight is 296 g/mol. The molecule has 1 heterocycles. The van der Waals surface area contributed by atoms with E-state index in [1.54, 1.807) is 0 Å². The molecule has 0 unspecified atom stereocenters. The monoisotopic (exact) mass is 296 g/mol. The highest BCUT2D eigenvalue weighted by atomic mass is 16.5. The molecule has 3 rings (SSSR count). The molecule has 0 bridgehead atoms. The lowest BCUT2D eigenvalue weighted by Crippen LogP contribution is -2.46. The number of ether oxygens (including phenoxy) is 1. The molecule has 0 fully saturated rings. The van der Waals surface area contributed by atoms with E-state index in [1.165, 1.54) is 11.1 Å². The first kappa shape index (κ1) is 14.9. The second-order valence-electron chi connectivity index (χ2n) is 6.71. The van der Waals surface area contributed by atoms with Gasteiger partial charge in [0.2, 0.25) is 0 Å². The van der Waals surface area contributed by atoms with Gasteiger partial charge in [-0.25, -0.2) is 0 Å². The highest BCUT2D eigenvalue weighted by molar-refractivity contribution is 5.62. The molecule has 0 amide bonds. The molecular weight excluding hydrogens is 272 g/mol. The van der Waals surface area contributed by atoms with Gasteiger partial charge in [-0.1, -0.05) is 35.9 Å². The van der Waals surface area contributed by atoms with Gasteiger partial charge in [0.15, 0.2) is 0 Å². The third-order valence-corrected chi connectivity index (χ3v) is 4.05. The molecule has 3 heteroatoms. The van der Waals surface area contributed by atoms with E-state index in [4.69, 9.17) is 10.5 Å². The minimum absolute atomic E-state index is 0.203. The molecule has 3 nitrogen and oxygen atoms in total. The van der Waals surface area contributed by atoms with Gasteiger partial charge in [-0.05, 0) is 44.0 Å². The summed E-state index contributed by atoms with van der Waals surface area (Å²) in [6, 6.07) is 15.0. The maximum absolute atomic E-state index is 6.15. The van der Waals surface area contributed by atoms with Gasteiger partial charge in [-0.15, -0.1) is 0 Å². The number of hydrogen-bond donors (Lipinski definition) is 1. The van der Waals surface area contributed by atoms with Gasteiger partial charge in [0, 0.05) is 13.1 Å². The van der Waals surface area contributed by atoms with E-state index in [0.29, 0.717) is 6.54 Å². The SMILES string of the molecule is Cc1ccc(CN2CC(C)(C)Oc3cc(CN)ccc32)cc1. The van der Waals surface area contributed by atoms with Gasteiger partial charge < -0.3 is 15.4 Å². The molecule has 2 aromatic carbocycles. The summed E-state index contributed by atoms with van der Waals surface area (Å²) >= 11 is 0. The summed E-state index contributed by atoms with van der Waals surface area (Å²) in [5, 5.41) is 0. The Balaban J connectivity index is 1.92. The molecular formula is C19H24N2O. The first-order valence-electron chi connectivity index (χ1n) is 7.79. The molecule has 0 aliphatic carbocycles. The molecule has 0 spiro atoms. The third-order valence-electron chi connectivity index (χ3n) is 4.05. The highest BCUT2D eigenvalue weighted by Gasteiger charge is 2.31. The minimum atomic E-state index is -0.203. The summed E-state index contributed by atoms with van der Waals surface area (Å²) in [6.45, 7) is 8.68. The summed E-state index contributed by atoms with van der Waals surface area (Å²) < 4.78 is 6.15. The lowest BCUT2D eigenvalue weighted by Gasteiger charge is -2.41. The zero-order chi connectivity index (χ0) is 15.7. The van der Waals surface area contributed by atoms with Crippen LogP contribution in [0, 0.1) is 6.92 Å². The van der Waals surface area contributed by atoms with E-state index in [1.807, 2.05) is 0 Å². The number of rotatable bonds is 3. The van der Waals surface area contributed by atoms with Gasteiger partial charge in [0.25, 0.3) is 0 Å². The normalized spacial score (nSPS) is 16.1. The second-order valence-corrected chi connectivity index (χ2v) is 6.71. The molecule has 116 valence electrons. The Morgan fingerprint density at radius 1 is 1.09 bits per heavy atom. The van der Waals surface area contributed by atoms with Crippen molar-refractivity contribution in [1.29, 1.82) is 0 Å². The summed E-state index contributed by atoms with van der Waals surface area (Å²) in [5.41, 5.74) is 10.4. The number of hydrogen-bond acceptors (Lipinski definition) is 3. The maximum Gasteiger partial charge on any atom is 0.143 e. The smallest absolute Gasteiger partial charge is 0.143 e. The quantitative estimate of drug-likeness (QED) is 0.940. The zero-order valence-corrected chi connectivity index (χ0v) is 13.6. The Kier molecular flexibility index (Phi) is 3.83. The molecule has 0 radical (unpaired) electrons. The van der Waals surface area contributed by atoms with Crippen molar-refractivity contribution >= 4 is 5.69 Å². The van der Waals surface area contributed by atoms with E-state index < -0.39 is 0 Å². The first-order valence-corrected chi connectivity index (χ1v) is 7.79. The van der Waals surface area contributed by atoms with Crippen molar-refractivity contribution in [2.75, 3.05) is 11.4 Å². The van der Waals surface area contributed by atoms with Crippen LogP contribution in [0.4, 0.5) is 5.69 Å². The van der Waals surface area contributed by atoms with E-state index in [0.717, 1.165) is 30.1 Å². The predicted molar refractivity (Wildman–Crippen MR) is 91.3 cm³/mol. The number of nitrogens with two attached hydrogens (primary N) is 1. The fraction of sp³-hybridized carbons (Fsp3) is 0.368. The van der Waals surface area contributed by atoms with E-state index in [-0.39, 0.29) is 5.60 Å². The number of nitrogens with zero attached hydrogens (tertiary/aromatic N) is 1. The molecule has 1 aliphatic heterocycles. The van der Waals surface area contributed by atoms with E-state index in [2.05, 4.69) is 68.1 Å². The Labute approximate surface area is 132 Å². The predicted octanol–water partition coefficient (Wildman–Crippen LogP) is 3.63. The highest BCUT2D eigenvalue weighted by Crippen LogP contribution is 2.38. The van der Waals surface area contributed by atoms with Gasteiger partial charge in [0.1, 0.15) is 11.4 Å². The average Bonchev–Trinajstić information content (AvgIpc) is 2.47. The van der Waals surface area contributed by atoms with Gasteiger partial charge >= 0.3 is 0 Å². The van der Waals surface area contributed by atoms with Crippen LogP contribution in [0.5, 0.6) is 5.75 Å².